The monoisotopic (exact) mass is 386 g/mol. The molecule has 0 radical (unpaired) electrons. The van der Waals surface area contributed by atoms with Crippen molar-refractivity contribution >= 4 is 17.7 Å². The van der Waals surface area contributed by atoms with Gasteiger partial charge in [0.1, 0.15) is 0 Å². The Balaban J connectivity index is 1.01. The van der Waals surface area contributed by atoms with Crippen LogP contribution >= 0.6 is 11.8 Å². The van der Waals surface area contributed by atoms with Crippen molar-refractivity contribution in [2.75, 3.05) is 12.4 Å². The first-order valence-electron chi connectivity index (χ1n) is 10.7. The van der Waals surface area contributed by atoms with Crippen LogP contribution in [0, 0.1) is 23.2 Å². The van der Waals surface area contributed by atoms with Crippen molar-refractivity contribution < 1.29 is 14.3 Å². The summed E-state index contributed by atoms with van der Waals surface area (Å²) in [6, 6.07) is 10.5. The molecule has 3 nitrogen and oxygen atoms in total. The van der Waals surface area contributed by atoms with Crippen molar-refractivity contribution in [1.82, 2.24) is 0 Å². The van der Waals surface area contributed by atoms with E-state index in [1.807, 2.05) is 17.8 Å². The molecule has 0 amide bonds. The van der Waals surface area contributed by atoms with Crippen molar-refractivity contribution in [2.24, 2.45) is 23.2 Å². The van der Waals surface area contributed by atoms with Gasteiger partial charge < -0.3 is 9.47 Å². The van der Waals surface area contributed by atoms with E-state index in [0.29, 0.717) is 18.8 Å². The van der Waals surface area contributed by atoms with Gasteiger partial charge in [-0.1, -0.05) is 18.2 Å². The summed E-state index contributed by atoms with van der Waals surface area (Å²) in [5.74, 6) is 3.53. The zero-order valence-corrected chi connectivity index (χ0v) is 16.8. The van der Waals surface area contributed by atoms with E-state index in [1.165, 1.54) is 24.2 Å². The topological polar surface area (TPSA) is 38.8 Å². The standard InChI is InChI=1S/C23H30O3S/c24-22(23-12-16-9-17(13-23)11-18(10-16)14-23)25-8-4-7-20-21(26-20)15-27-19-5-2-1-3-6-19/h1-3,5-6,16-18,20-21H,4,7-15H2. The summed E-state index contributed by atoms with van der Waals surface area (Å²) in [5.41, 5.74) is -0.111. The third-order valence-electron chi connectivity index (χ3n) is 7.18. The fourth-order valence-electron chi connectivity index (χ4n) is 6.24. The van der Waals surface area contributed by atoms with Crippen LogP contribution in [0.3, 0.4) is 0 Å². The first-order valence-corrected chi connectivity index (χ1v) is 11.7. The summed E-state index contributed by atoms with van der Waals surface area (Å²) >= 11 is 1.86. The van der Waals surface area contributed by atoms with Crippen molar-refractivity contribution in [3.8, 4) is 0 Å². The number of epoxide rings is 1. The van der Waals surface area contributed by atoms with Crippen LogP contribution in [0.1, 0.15) is 51.4 Å². The van der Waals surface area contributed by atoms with E-state index in [-0.39, 0.29) is 11.4 Å². The zero-order chi connectivity index (χ0) is 18.3. The molecule has 0 spiro atoms. The third kappa shape index (κ3) is 3.93. The predicted molar refractivity (Wildman–Crippen MR) is 107 cm³/mol. The molecule has 1 saturated heterocycles. The van der Waals surface area contributed by atoms with Gasteiger partial charge in [-0.15, -0.1) is 11.8 Å². The molecule has 2 atom stereocenters. The Bertz CT molecular complexity index is 638. The molecule has 1 aromatic carbocycles. The molecule has 1 aliphatic heterocycles. The first-order chi connectivity index (χ1) is 13.2. The molecule has 4 saturated carbocycles. The minimum Gasteiger partial charge on any atom is -0.465 e. The SMILES string of the molecule is O=C(OCCCC1OC1CSc1ccccc1)C12CC3CC(CC(C3)C1)C2. The molecule has 5 aliphatic rings. The van der Waals surface area contributed by atoms with Crippen LogP contribution in [-0.4, -0.2) is 30.5 Å². The highest BCUT2D eigenvalue weighted by atomic mass is 32.2. The molecule has 146 valence electrons. The highest BCUT2D eigenvalue weighted by molar-refractivity contribution is 7.99. The molecule has 4 heteroatoms. The maximum Gasteiger partial charge on any atom is 0.312 e. The summed E-state index contributed by atoms with van der Waals surface area (Å²) in [4.78, 5) is 14.1. The van der Waals surface area contributed by atoms with Gasteiger partial charge in [0.25, 0.3) is 0 Å². The minimum atomic E-state index is -0.111. The molecule has 27 heavy (non-hydrogen) atoms. The van der Waals surface area contributed by atoms with Gasteiger partial charge >= 0.3 is 5.97 Å². The molecule has 1 heterocycles. The van der Waals surface area contributed by atoms with Gasteiger partial charge in [-0.05, 0) is 81.3 Å². The Morgan fingerprint density at radius 2 is 1.70 bits per heavy atom. The molecule has 0 N–H and O–H groups in total. The zero-order valence-electron chi connectivity index (χ0n) is 16.0. The van der Waals surface area contributed by atoms with E-state index < -0.39 is 0 Å². The molecular weight excluding hydrogens is 356 g/mol. The number of hydrogen-bond acceptors (Lipinski definition) is 4. The summed E-state index contributed by atoms with van der Waals surface area (Å²) in [6.45, 7) is 0.568. The van der Waals surface area contributed by atoms with Crippen molar-refractivity contribution in [2.45, 2.75) is 68.5 Å². The number of hydrogen-bond donors (Lipinski definition) is 0. The van der Waals surface area contributed by atoms with E-state index in [9.17, 15) is 4.79 Å². The number of esters is 1. The van der Waals surface area contributed by atoms with Gasteiger partial charge in [-0.2, -0.15) is 0 Å². The van der Waals surface area contributed by atoms with Gasteiger partial charge in [-0.25, -0.2) is 0 Å². The van der Waals surface area contributed by atoms with E-state index >= 15 is 0 Å². The van der Waals surface area contributed by atoms with E-state index in [2.05, 4.69) is 24.3 Å². The average molecular weight is 387 g/mol. The molecule has 4 aliphatic carbocycles. The number of ether oxygens (including phenoxy) is 2. The second-order valence-corrected chi connectivity index (χ2v) is 10.4. The molecule has 1 aromatic rings. The van der Waals surface area contributed by atoms with Gasteiger partial charge in [0.15, 0.2) is 0 Å². The highest BCUT2D eigenvalue weighted by Gasteiger charge is 2.55. The van der Waals surface area contributed by atoms with Crippen LogP contribution in [0.4, 0.5) is 0 Å². The molecule has 2 unspecified atom stereocenters. The van der Waals surface area contributed by atoms with Crippen LogP contribution in [0.2, 0.25) is 0 Å². The van der Waals surface area contributed by atoms with Gasteiger partial charge in [0, 0.05) is 10.6 Å². The molecule has 6 rings (SSSR count). The highest BCUT2D eigenvalue weighted by Crippen LogP contribution is 2.60. The fourth-order valence-corrected chi connectivity index (χ4v) is 7.24. The Morgan fingerprint density at radius 3 is 2.37 bits per heavy atom. The van der Waals surface area contributed by atoms with E-state index in [0.717, 1.165) is 55.6 Å². The van der Waals surface area contributed by atoms with Gasteiger partial charge in [-0.3, -0.25) is 4.79 Å². The maximum absolute atomic E-state index is 12.8. The molecular formula is C23H30O3S. The summed E-state index contributed by atoms with van der Waals surface area (Å²) in [6.07, 6.45) is 10.1. The lowest BCUT2D eigenvalue weighted by molar-refractivity contribution is -0.171. The Labute approximate surface area is 166 Å². The molecule has 4 bridgehead atoms. The number of carbonyl (C=O) groups is 1. The smallest absolute Gasteiger partial charge is 0.312 e. The Hall–Kier alpha value is -1.00. The minimum absolute atomic E-state index is 0.111. The van der Waals surface area contributed by atoms with Crippen LogP contribution in [0.15, 0.2) is 35.2 Å². The maximum atomic E-state index is 12.8. The lowest BCUT2D eigenvalue weighted by Gasteiger charge is -2.55. The van der Waals surface area contributed by atoms with Gasteiger partial charge in [0.05, 0.1) is 24.2 Å². The molecule has 0 aromatic heterocycles. The lowest BCUT2D eigenvalue weighted by Crippen LogP contribution is -2.50. The Kier molecular flexibility index (Phi) is 4.97. The first kappa shape index (κ1) is 18.1. The number of thioether (sulfide) groups is 1. The van der Waals surface area contributed by atoms with Crippen molar-refractivity contribution in [3.63, 3.8) is 0 Å². The summed E-state index contributed by atoms with van der Waals surface area (Å²) < 4.78 is 11.6. The van der Waals surface area contributed by atoms with Gasteiger partial charge in [0.2, 0.25) is 0 Å². The second-order valence-electron chi connectivity index (χ2n) is 9.31. The van der Waals surface area contributed by atoms with Crippen LogP contribution in [0.25, 0.3) is 0 Å². The fraction of sp³-hybridized carbons (Fsp3) is 0.696. The summed E-state index contributed by atoms with van der Waals surface area (Å²) in [5, 5.41) is 0. The predicted octanol–water partition coefficient (Wildman–Crippen LogP) is 5.09. The van der Waals surface area contributed by atoms with E-state index in [4.69, 9.17) is 9.47 Å². The van der Waals surface area contributed by atoms with Crippen LogP contribution in [0.5, 0.6) is 0 Å². The number of carbonyl (C=O) groups excluding carboxylic acids is 1. The van der Waals surface area contributed by atoms with Crippen LogP contribution in [-0.2, 0) is 14.3 Å². The van der Waals surface area contributed by atoms with Crippen molar-refractivity contribution in [3.05, 3.63) is 30.3 Å². The number of rotatable bonds is 8. The third-order valence-corrected chi connectivity index (χ3v) is 8.28. The lowest BCUT2D eigenvalue weighted by atomic mass is 9.49. The average Bonchev–Trinajstić information content (AvgIpc) is 3.41. The second kappa shape index (κ2) is 7.44. The quantitative estimate of drug-likeness (QED) is 0.270. The normalized spacial score (nSPS) is 38.7. The Morgan fingerprint density at radius 1 is 1.04 bits per heavy atom. The number of benzene rings is 1. The largest absolute Gasteiger partial charge is 0.465 e. The molecule has 5 fully saturated rings. The van der Waals surface area contributed by atoms with Crippen LogP contribution < -0.4 is 0 Å². The van der Waals surface area contributed by atoms with Crippen molar-refractivity contribution in [1.29, 1.82) is 0 Å². The van der Waals surface area contributed by atoms with E-state index in [1.54, 1.807) is 0 Å². The summed E-state index contributed by atoms with van der Waals surface area (Å²) in [7, 11) is 0.